The Labute approximate surface area is 65.5 Å². The first-order valence-corrected chi connectivity index (χ1v) is 3.26. The van der Waals surface area contributed by atoms with Crippen LogP contribution >= 0.6 is 0 Å². The zero-order valence-corrected chi connectivity index (χ0v) is 6.46. The summed E-state index contributed by atoms with van der Waals surface area (Å²) in [5.74, 6) is -1.07. The lowest BCUT2D eigenvalue weighted by molar-refractivity contribution is -0.126. The molecule has 2 amide bonds. The number of primary amides is 1. The maximum atomic E-state index is 10.9. The van der Waals surface area contributed by atoms with E-state index in [0.29, 0.717) is 0 Å². The van der Waals surface area contributed by atoms with E-state index in [2.05, 4.69) is 11.9 Å². The number of amides is 2. The minimum Gasteiger partial charge on any atom is -0.368 e. The van der Waals surface area contributed by atoms with Crippen molar-refractivity contribution in [1.29, 1.82) is 0 Å². The number of carbonyl (C=O) groups is 2. The molecular formula is C7H12N2O2. The van der Waals surface area contributed by atoms with Crippen LogP contribution in [0.15, 0.2) is 12.7 Å². The van der Waals surface area contributed by atoms with E-state index in [0.717, 1.165) is 0 Å². The maximum absolute atomic E-state index is 10.9. The predicted octanol–water partition coefficient (Wildman–Crippen LogP) is -0.590. The van der Waals surface area contributed by atoms with Gasteiger partial charge in [-0.1, -0.05) is 13.0 Å². The van der Waals surface area contributed by atoms with E-state index in [4.69, 9.17) is 5.73 Å². The Hall–Kier alpha value is -1.32. The predicted molar refractivity (Wildman–Crippen MR) is 41.6 cm³/mol. The SMILES string of the molecule is C=CC(C)C(=O)NCC(N)=O. The van der Waals surface area contributed by atoms with Gasteiger partial charge in [-0.3, -0.25) is 9.59 Å². The van der Waals surface area contributed by atoms with E-state index in [1.54, 1.807) is 6.92 Å². The quantitative estimate of drug-likeness (QED) is 0.534. The van der Waals surface area contributed by atoms with Gasteiger partial charge in [-0.15, -0.1) is 6.58 Å². The molecule has 62 valence electrons. The fourth-order valence-corrected chi connectivity index (χ4v) is 0.442. The topological polar surface area (TPSA) is 72.2 Å². The highest BCUT2D eigenvalue weighted by Gasteiger charge is 2.07. The fraction of sp³-hybridized carbons (Fsp3) is 0.429. The van der Waals surface area contributed by atoms with Crippen molar-refractivity contribution in [3.63, 3.8) is 0 Å². The molecule has 0 bridgehead atoms. The van der Waals surface area contributed by atoms with Crippen LogP contribution in [0.25, 0.3) is 0 Å². The Morgan fingerprint density at radius 3 is 2.64 bits per heavy atom. The highest BCUT2D eigenvalue weighted by molar-refractivity contribution is 5.85. The van der Waals surface area contributed by atoms with Gasteiger partial charge in [-0.2, -0.15) is 0 Å². The first-order chi connectivity index (χ1) is 5.07. The van der Waals surface area contributed by atoms with Crippen LogP contribution in [0.2, 0.25) is 0 Å². The highest BCUT2D eigenvalue weighted by Crippen LogP contribution is 1.93. The zero-order chi connectivity index (χ0) is 8.85. The molecule has 0 aliphatic heterocycles. The molecule has 0 aromatic carbocycles. The zero-order valence-electron chi connectivity index (χ0n) is 6.46. The highest BCUT2D eigenvalue weighted by atomic mass is 16.2. The number of hydrogen-bond acceptors (Lipinski definition) is 2. The van der Waals surface area contributed by atoms with Crippen molar-refractivity contribution in [2.75, 3.05) is 6.54 Å². The van der Waals surface area contributed by atoms with Gasteiger partial charge in [0, 0.05) is 0 Å². The molecular weight excluding hydrogens is 144 g/mol. The smallest absolute Gasteiger partial charge is 0.236 e. The second-order valence-electron chi connectivity index (χ2n) is 2.21. The van der Waals surface area contributed by atoms with Crippen LogP contribution in [-0.2, 0) is 9.59 Å². The Bertz CT molecular complexity index is 177. The summed E-state index contributed by atoms with van der Waals surface area (Å²) in [4.78, 5) is 21.1. The van der Waals surface area contributed by atoms with Gasteiger partial charge in [0.15, 0.2) is 0 Å². The van der Waals surface area contributed by atoms with E-state index in [9.17, 15) is 9.59 Å². The minimum absolute atomic E-state index is 0.114. The van der Waals surface area contributed by atoms with Gasteiger partial charge in [-0.25, -0.2) is 0 Å². The van der Waals surface area contributed by atoms with Crippen molar-refractivity contribution < 1.29 is 9.59 Å². The van der Waals surface area contributed by atoms with E-state index >= 15 is 0 Å². The molecule has 0 aliphatic rings. The second kappa shape index (κ2) is 4.49. The van der Waals surface area contributed by atoms with Crippen LogP contribution in [0.4, 0.5) is 0 Å². The molecule has 4 heteroatoms. The summed E-state index contributed by atoms with van der Waals surface area (Å²) < 4.78 is 0. The number of rotatable bonds is 4. The van der Waals surface area contributed by atoms with Gasteiger partial charge < -0.3 is 11.1 Å². The molecule has 11 heavy (non-hydrogen) atoms. The fourth-order valence-electron chi connectivity index (χ4n) is 0.442. The minimum atomic E-state index is -0.547. The number of carbonyl (C=O) groups excluding carboxylic acids is 2. The summed E-state index contributed by atoms with van der Waals surface area (Å²) in [6.07, 6.45) is 1.50. The molecule has 0 aromatic rings. The second-order valence-corrected chi connectivity index (χ2v) is 2.21. The van der Waals surface area contributed by atoms with Gasteiger partial charge in [0.1, 0.15) is 0 Å². The van der Waals surface area contributed by atoms with Crippen LogP contribution in [0.5, 0.6) is 0 Å². The maximum Gasteiger partial charge on any atom is 0.236 e. The lowest BCUT2D eigenvalue weighted by Crippen LogP contribution is -2.35. The van der Waals surface area contributed by atoms with Crippen molar-refractivity contribution in [3.05, 3.63) is 12.7 Å². The Morgan fingerprint density at radius 2 is 2.27 bits per heavy atom. The summed E-state index contributed by atoms with van der Waals surface area (Å²) in [6, 6.07) is 0. The van der Waals surface area contributed by atoms with E-state index in [1.807, 2.05) is 0 Å². The van der Waals surface area contributed by atoms with E-state index in [1.165, 1.54) is 6.08 Å². The van der Waals surface area contributed by atoms with Crippen LogP contribution in [0, 0.1) is 5.92 Å². The average Bonchev–Trinajstić information content (AvgIpc) is 1.98. The molecule has 0 heterocycles. The number of nitrogens with two attached hydrogens (primary N) is 1. The standard InChI is InChI=1S/C7H12N2O2/c1-3-5(2)7(11)9-4-6(8)10/h3,5H,1,4H2,2H3,(H2,8,10)(H,9,11). The molecule has 1 unspecified atom stereocenters. The average molecular weight is 156 g/mol. The largest absolute Gasteiger partial charge is 0.368 e. The van der Waals surface area contributed by atoms with Gasteiger partial charge in [0.2, 0.25) is 11.8 Å². The van der Waals surface area contributed by atoms with Crippen LogP contribution in [-0.4, -0.2) is 18.4 Å². The number of nitrogens with one attached hydrogen (secondary N) is 1. The van der Waals surface area contributed by atoms with Gasteiger partial charge in [0.05, 0.1) is 12.5 Å². The molecule has 0 radical (unpaired) electrons. The lowest BCUT2D eigenvalue weighted by atomic mass is 10.2. The normalized spacial score (nSPS) is 11.7. The van der Waals surface area contributed by atoms with Crippen LogP contribution in [0.3, 0.4) is 0 Å². The van der Waals surface area contributed by atoms with Gasteiger partial charge in [-0.05, 0) is 0 Å². The van der Waals surface area contributed by atoms with Crippen molar-refractivity contribution in [2.24, 2.45) is 11.7 Å². The van der Waals surface area contributed by atoms with Crippen molar-refractivity contribution in [3.8, 4) is 0 Å². The summed E-state index contributed by atoms with van der Waals surface area (Å²) >= 11 is 0. The van der Waals surface area contributed by atoms with Crippen molar-refractivity contribution in [1.82, 2.24) is 5.32 Å². The third-order valence-electron chi connectivity index (χ3n) is 1.20. The molecule has 3 N–H and O–H groups in total. The third-order valence-corrected chi connectivity index (χ3v) is 1.20. The van der Waals surface area contributed by atoms with Gasteiger partial charge in [0.25, 0.3) is 0 Å². The first kappa shape index (κ1) is 9.68. The molecule has 0 saturated carbocycles. The monoisotopic (exact) mass is 156 g/mol. The summed E-state index contributed by atoms with van der Waals surface area (Å²) in [7, 11) is 0. The molecule has 0 aliphatic carbocycles. The van der Waals surface area contributed by atoms with Crippen LogP contribution in [0.1, 0.15) is 6.92 Å². The molecule has 0 saturated heterocycles. The number of hydrogen-bond donors (Lipinski definition) is 2. The van der Waals surface area contributed by atoms with Crippen molar-refractivity contribution >= 4 is 11.8 Å². The molecule has 4 nitrogen and oxygen atoms in total. The van der Waals surface area contributed by atoms with Crippen LogP contribution < -0.4 is 11.1 Å². The summed E-state index contributed by atoms with van der Waals surface area (Å²) in [5, 5.41) is 2.35. The molecule has 0 aromatic heterocycles. The first-order valence-electron chi connectivity index (χ1n) is 3.26. The Morgan fingerprint density at radius 1 is 1.73 bits per heavy atom. The molecule has 1 atom stereocenters. The third kappa shape index (κ3) is 4.13. The lowest BCUT2D eigenvalue weighted by Gasteiger charge is -2.04. The molecule has 0 rings (SSSR count). The summed E-state index contributed by atoms with van der Waals surface area (Å²) in [5.41, 5.74) is 4.80. The van der Waals surface area contributed by atoms with E-state index < -0.39 is 5.91 Å². The molecule has 0 fully saturated rings. The Balaban J connectivity index is 3.69. The molecule has 0 spiro atoms. The van der Waals surface area contributed by atoms with E-state index in [-0.39, 0.29) is 18.4 Å². The summed E-state index contributed by atoms with van der Waals surface area (Å²) in [6.45, 7) is 5.00. The van der Waals surface area contributed by atoms with Gasteiger partial charge >= 0.3 is 0 Å². The van der Waals surface area contributed by atoms with Crippen molar-refractivity contribution in [2.45, 2.75) is 6.92 Å². The Kier molecular flexibility index (Phi) is 3.95.